The lowest BCUT2D eigenvalue weighted by Gasteiger charge is -2.14. The fraction of sp³-hybridized carbons (Fsp3) is 0.286. The highest BCUT2D eigenvalue weighted by molar-refractivity contribution is 9.10. The van der Waals surface area contributed by atoms with Crippen LogP contribution in [0.4, 0.5) is 0 Å². The maximum absolute atomic E-state index is 5.61. The normalized spacial score (nSPS) is 12.4. The third-order valence-electron chi connectivity index (χ3n) is 2.96. The minimum absolute atomic E-state index is 0.0472. The number of benzene rings is 1. The van der Waals surface area contributed by atoms with Crippen molar-refractivity contribution in [3.8, 4) is 5.75 Å². The van der Waals surface area contributed by atoms with Crippen LogP contribution in [0.5, 0.6) is 5.75 Å². The van der Waals surface area contributed by atoms with E-state index >= 15 is 0 Å². The Morgan fingerprint density at radius 3 is 2.68 bits per heavy atom. The van der Waals surface area contributed by atoms with E-state index in [9.17, 15) is 0 Å². The average molecular weight is 325 g/mol. The van der Waals surface area contributed by atoms with Crippen molar-refractivity contribution in [1.82, 2.24) is 5.43 Å². The summed E-state index contributed by atoms with van der Waals surface area (Å²) in [5.41, 5.74) is 3.93. The summed E-state index contributed by atoms with van der Waals surface area (Å²) in [5.74, 6) is 8.14. The van der Waals surface area contributed by atoms with Crippen LogP contribution in [0, 0.1) is 6.92 Å². The number of hydrogen-bond donors (Lipinski definition) is 2. The number of rotatable bonds is 5. The fourth-order valence-corrected chi connectivity index (χ4v) is 2.54. The summed E-state index contributed by atoms with van der Waals surface area (Å²) < 4.78 is 11.7. The maximum atomic E-state index is 5.61. The van der Waals surface area contributed by atoms with Gasteiger partial charge in [-0.25, -0.2) is 5.43 Å². The Labute approximate surface area is 121 Å². The van der Waals surface area contributed by atoms with Crippen molar-refractivity contribution in [2.24, 2.45) is 5.84 Å². The number of furan rings is 1. The van der Waals surface area contributed by atoms with Crippen molar-refractivity contribution in [1.29, 1.82) is 0 Å². The molecular formula is C14H17BrN2O2. The molecule has 1 heterocycles. The van der Waals surface area contributed by atoms with E-state index in [1.165, 1.54) is 0 Å². The van der Waals surface area contributed by atoms with Gasteiger partial charge in [0.05, 0.1) is 17.6 Å². The Kier molecular flexibility index (Phi) is 4.63. The first-order chi connectivity index (χ1) is 9.13. The van der Waals surface area contributed by atoms with E-state index < -0.39 is 0 Å². The molecule has 2 aromatic rings. The van der Waals surface area contributed by atoms with Gasteiger partial charge in [0.25, 0.3) is 0 Å². The molecule has 0 bridgehead atoms. The van der Waals surface area contributed by atoms with Crippen molar-refractivity contribution in [3.05, 3.63) is 51.9 Å². The van der Waals surface area contributed by atoms with Gasteiger partial charge in [0.1, 0.15) is 17.3 Å². The number of hydrazine groups is 1. The molecule has 19 heavy (non-hydrogen) atoms. The second kappa shape index (κ2) is 6.23. The van der Waals surface area contributed by atoms with Crippen LogP contribution in [-0.2, 0) is 6.42 Å². The number of hydrogen-bond acceptors (Lipinski definition) is 4. The number of aryl methyl sites for hydroxylation is 1. The van der Waals surface area contributed by atoms with Crippen LogP contribution >= 0.6 is 15.9 Å². The van der Waals surface area contributed by atoms with Gasteiger partial charge in [-0.3, -0.25) is 5.84 Å². The van der Waals surface area contributed by atoms with Gasteiger partial charge >= 0.3 is 0 Å². The van der Waals surface area contributed by atoms with E-state index in [-0.39, 0.29) is 6.04 Å². The number of halogens is 1. The second-order valence-corrected chi connectivity index (χ2v) is 5.20. The molecule has 102 valence electrons. The SMILES string of the molecule is COc1ccc(CC(NN)c2ccc(C)o2)cc1Br. The Morgan fingerprint density at radius 1 is 1.37 bits per heavy atom. The third kappa shape index (κ3) is 3.37. The van der Waals surface area contributed by atoms with Crippen LogP contribution in [0.2, 0.25) is 0 Å². The Hall–Kier alpha value is -1.30. The van der Waals surface area contributed by atoms with Crippen LogP contribution in [0.25, 0.3) is 0 Å². The number of ether oxygens (including phenoxy) is 1. The first kappa shape index (κ1) is 14.1. The monoisotopic (exact) mass is 324 g/mol. The van der Waals surface area contributed by atoms with Gasteiger partial charge in [-0.05, 0) is 59.1 Å². The predicted octanol–water partition coefficient (Wildman–Crippen LogP) is 3.11. The van der Waals surface area contributed by atoms with Crippen LogP contribution in [0.3, 0.4) is 0 Å². The molecule has 1 unspecified atom stereocenters. The number of methoxy groups -OCH3 is 1. The Bertz CT molecular complexity index is 554. The highest BCUT2D eigenvalue weighted by atomic mass is 79.9. The van der Waals surface area contributed by atoms with E-state index in [0.29, 0.717) is 0 Å². The molecule has 0 saturated carbocycles. The smallest absolute Gasteiger partial charge is 0.133 e. The van der Waals surface area contributed by atoms with E-state index in [2.05, 4.69) is 21.4 Å². The second-order valence-electron chi connectivity index (χ2n) is 4.34. The lowest BCUT2D eigenvalue weighted by atomic mass is 10.0. The van der Waals surface area contributed by atoms with Gasteiger partial charge in [-0.15, -0.1) is 0 Å². The van der Waals surface area contributed by atoms with Crippen LogP contribution in [0.15, 0.2) is 39.2 Å². The highest BCUT2D eigenvalue weighted by Crippen LogP contribution is 2.28. The Morgan fingerprint density at radius 2 is 2.16 bits per heavy atom. The molecule has 0 radical (unpaired) electrons. The van der Waals surface area contributed by atoms with Crippen molar-refractivity contribution in [2.75, 3.05) is 7.11 Å². The standard InChI is InChI=1S/C14H17BrN2O2/c1-9-3-5-14(19-9)12(17-16)8-10-4-6-13(18-2)11(15)7-10/h3-7,12,17H,8,16H2,1-2H3. The molecule has 4 nitrogen and oxygen atoms in total. The number of nitrogens with one attached hydrogen (secondary N) is 1. The molecule has 1 aromatic heterocycles. The lowest BCUT2D eigenvalue weighted by molar-refractivity contribution is 0.401. The fourth-order valence-electron chi connectivity index (χ4n) is 1.95. The quantitative estimate of drug-likeness (QED) is 0.655. The summed E-state index contributed by atoms with van der Waals surface area (Å²) in [6.45, 7) is 1.92. The zero-order valence-electron chi connectivity index (χ0n) is 10.9. The average Bonchev–Trinajstić information content (AvgIpc) is 2.82. The summed E-state index contributed by atoms with van der Waals surface area (Å²) in [6.07, 6.45) is 0.742. The molecule has 0 saturated heterocycles. The molecule has 0 fully saturated rings. The van der Waals surface area contributed by atoms with Gasteiger partial charge in [0.15, 0.2) is 0 Å². The molecule has 0 aliphatic heterocycles. The van der Waals surface area contributed by atoms with Crippen molar-refractivity contribution >= 4 is 15.9 Å². The minimum Gasteiger partial charge on any atom is -0.496 e. The van der Waals surface area contributed by atoms with Crippen LogP contribution in [-0.4, -0.2) is 7.11 Å². The van der Waals surface area contributed by atoms with Gasteiger partial charge in [0.2, 0.25) is 0 Å². The maximum Gasteiger partial charge on any atom is 0.133 e. The molecule has 1 aromatic carbocycles. The molecule has 3 N–H and O–H groups in total. The first-order valence-corrected chi connectivity index (χ1v) is 6.78. The summed E-state index contributed by atoms with van der Waals surface area (Å²) in [7, 11) is 1.65. The van der Waals surface area contributed by atoms with Crippen molar-refractivity contribution in [3.63, 3.8) is 0 Å². The van der Waals surface area contributed by atoms with Gasteiger partial charge in [-0.1, -0.05) is 6.07 Å². The van der Waals surface area contributed by atoms with Gasteiger partial charge in [-0.2, -0.15) is 0 Å². The topological polar surface area (TPSA) is 60.4 Å². The largest absolute Gasteiger partial charge is 0.496 e. The van der Waals surface area contributed by atoms with Crippen molar-refractivity contribution < 1.29 is 9.15 Å². The zero-order valence-corrected chi connectivity index (χ0v) is 12.5. The molecule has 0 aliphatic carbocycles. The van der Waals surface area contributed by atoms with Crippen LogP contribution < -0.4 is 16.0 Å². The molecule has 5 heteroatoms. The summed E-state index contributed by atoms with van der Waals surface area (Å²) in [5, 5.41) is 0. The van der Waals surface area contributed by atoms with Gasteiger partial charge in [0, 0.05) is 0 Å². The van der Waals surface area contributed by atoms with Gasteiger partial charge < -0.3 is 9.15 Å². The first-order valence-electron chi connectivity index (χ1n) is 5.99. The Balaban J connectivity index is 2.16. The van der Waals surface area contributed by atoms with E-state index in [4.69, 9.17) is 15.0 Å². The predicted molar refractivity (Wildman–Crippen MR) is 77.9 cm³/mol. The summed E-state index contributed by atoms with van der Waals surface area (Å²) in [4.78, 5) is 0. The van der Waals surface area contributed by atoms with Crippen molar-refractivity contribution in [2.45, 2.75) is 19.4 Å². The zero-order chi connectivity index (χ0) is 13.8. The summed E-state index contributed by atoms with van der Waals surface area (Å²) >= 11 is 3.48. The molecule has 0 spiro atoms. The molecular weight excluding hydrogens is 308 g/mol. The molecule has 0 amide bonds. The van der Waals surface area contributed by atoms with Crippen LogP contribution in [0.1, 0.15) is 23.1 Å². The van der Waals surface area contributed by atoms with E-state index in [1.54, 1.807) is 7.11 Å². The minimum atomic E-state index is -0.0472. The molecule has 2 rings (SSSR count). The van der Waals surface area contributed by atoms with E-state index in [1.807, 2.05) is 37.3 Å². The third-order valence-corrected chi connectivity index (χ3v) is 3.58. The summed E-state index contributed by atoms with van der Waals surface area (Å²) in [6, 6.07) is 9.81. The van der Waals surface area contributed by atoms with E-state index in [0.717, 1.165) is 33.7 Å². The lowest BCUT2D eigenvalue weighted by Crippen LogP contribution is -2.29. The highest BCUT2D eigenvalue weighted by Gasteiger charge is 2.15. The molecule has 1 atom stereocenters. The molecule has 0 aliphatic rings. The number of nitrogens with two attached hydrogens (primary N) is 1.